The Morgan fingerprint density at radius 3 is 2.50 bits per heavy atom. The van der Waals surface area contributed by atoms with Gasteiger partial charge in [0.15, 0.2) is 15.6 Å². The van der Waals surface area contributed by atoms with Gasteiger partial charge in [0.1, 0.15) is 6.04 Å². The smallest absolute Gasteiger partial charge is 0.320 e. The molecule has 2 unspecified atom stereocenters. The first kappa shape index (κ1) is 18.3. The number of Topliss-reactive ketones (excluding diaryl/α,β-unsaturated/α-hetero) is 1. The van der Waals surface area contributed by atoms with E-state index in [4.69, 9.17) is 10.8 Å². The Hall–Kier alpha value is -2.51. The maximum Gasteiger partial charge on any atom is 0.320 e. The van der Waals surface area contributed by atoms with E-state index >= 15 is 0 Å². The van der Waals surface area contributed by atoms with Crippen molar-refractivity contribution in [3.8, 4) is 0 Å². The van der Waals surface area contributed by atoms with E-state index in [1.807, 2.05) is 0 Å². The molecule has 1 aliphatic heterocycles. The molecule has 0 fully saturated rings. The summed E-state index contributed by atoms with van der Waals surface area (Å²) in [6, 6.07) is 12.4. The molecular weight excluding hydrogens is 354 g/mol. The minimum atomic E-state index is -3.37. The topological polar surface area (TPSA) is 115 Å². The fourth-order valence-electron chi connectivity index (χ4n) is 3.34. The lowest BCUT2D eigenvalue weighted by Gasteiger charge is -2.13. The molecule has 2 atom stereocenters. The van der Waals surface area contributed by atoms with Crippen LogP contribution in [-0.4, -0.2) is 37.1 Å². The Morgan fingerprint density at radius 2 is 1.77 bits per heavy atom. The molecule has 26 heavy (non-hydrogen) atoms. The molecule has 0 aliphatic carbocycles. The van der Waals surface area contributed by atoms with Crippen molar-refractivity contribution in [2.75, 3.05) is 5.75 Å². The lowest BCUT2D eigenvalue weighted by atomic mass is 9.90. The summed E-state index contributed by atoms with van der Waals surface area (Å²) in [7, 11) is -3.37. The van der Waals surface area contributed by atoms with Gasteiger partial charge < -0.3 is 10.8 Å². The Kier molecular flexibility index (Phi) is 4.93. The van der Waals surface area contributed by atoms with Crippen molar-refractivity contribution in [1.29, 1.82) is 0 Å². The monoisotopic (exact) mass is 373 g/mol. The average molecular weight is 373 g/mol. The van der Waals surface area contributed by atoms with Crippen LogP contribution in [0.4, 0.5) is 0 Å². The summed E-state index contributed by atoms with van der Waals surface area (Å²) in [6.07, 6.45) is 0.0896. The third-order valence-corrected chi connectivity index (χ3v) is 6.50. The largest absolute Gasteiger partial charge is 0.480 e. The normalized spacial score (nSPS) is 18.9. The summed E-state index contributed by atoms with van der Waals surface area (Å²) >= 11 is 0. The minimum absolute atomic E-state index is 0.0385. The van der Waals surface area contributed by atoms with E-state index in [1.165, 1.54) is 0 Å². The van der Waals surface area contributed by atoms with Crippen LogP contribution < -0.4 is 5.73 Å². The summed E-state index contributed by atoms with van der Waals surface area (Å²) in [5.41, 5.74) is 7.21. The highest BCUT2D eigenvalue weighted by atomic mass is 32.2. The number of fused-ring (bicyclic) bond motifs is 1. The molecule has 0 radical (unpaired) electrons. The zero-order valence-electron chi connectivity index (χ0n) is 14.0. The standard InChI is InChI=1S/C19H19NO5S/c20-16(19(22)23)9-12-5-1-2-6-14(12)17(21)10-13-11-26(24,25)18-8-4-3-7-15(13)18/h1-8,13,16H,9-11,20H2,(H,22,23). The number of benzene rings is 2. The zero-order chi connectivity index (χ0) is 18.9. The second-order valence-corrected chi connectivity index (χ2v) is 8.45. The van der Waals surface area contributed by atoms with Crippen LogP contribution in [0.1, 0.15) is 33.8 Å². The molecule has 1 heterocycles. The molecule has 3 rings (SSSR count). The van der Waals surface area contributed by atoms with Crippen molar-refractivity contribution >= 4 is 21.6 Å². The average Bonchev–Trinajstić information content (AvgIpc) is 2.86. The van der Waals surface area contributed by atoms with Crippen molar-refractivity contribution in [2.24, 2.45) is 5.73 Å². The van der Waals surface area contributed by atoms with Gasteiger partial charge in [0.25, 0.3) is 0 Å². The number of carbonyl (C=O) groups excluding carboxylic acids is 1. The van der Waals surface area contributed by atoms with Gasteiger partial charge in [-0.05, 0) is 23.6 Å². The van der Waals surface area contributed by atoms with E-state index < -0.39 is 27.8 Å². The Labute approximate surface area is 151 Å². The van der Waals surface area contributed by atoms with Crippen LogP contribution >= 0.6 is 0 Å². The van der Waals surface area contributed by atoms with Gasteiger partial charge in [-0.3, -0.25) is 9.59 Å². The third kappa shape index (κ3) is 3.54. The number of sulfone groups is 1. The second kappa shape index (κ2) is 7.01. The van der Waals surface area contributed by atoms with Gasteiger partial charge in [-0.1, -0.05) is 42.5 Å². The highest BCUT2D eigenvalue weighted by Crippen LogP contribution is 2.37. The first-order valence-corrected chi connectivity index (χ1v) is 9.86. The van der Waals surface area contributed by atoms with E-state index in [2.05, 4.69) is 0 Å². The molecule has 2 aromatic carbocycles. The predicted octanol–water partition coefficient (Wildman–Crippen LogP) is 1.78. The van der Waals surface area contributed by atoms with Crippen LogP contribution in [0.5, 0.6) is 0 Å². The predicted molar refractivity (Wildman–Crippen MR) is 95.9 cm³/mol. The summed E-state index contributed by atoms with van der Waals surface area (Å²) in [4.78, 5) is 24.1. The van der Waals surface area contributed by atoms with Gasteiger partial charge in [-0.15, -0.1) is 0 Å². The van der Waals surface area contributed by atoms with E-state index in [-0.39, 0.29) is 24.4 Å². The number of ketones is 1. The molecule has 1 aliphatic rings. The zero-order valence-corrected chi connectivity index (χ0v) is 14.8. The molecule has 0 spiro atoms. The minimum Gasteiger partial charge on any atom is -0.480 e. The van der Waals surface area contributed by atoms with Crippen molar-refractivity contribution in [3.05, 3.63) is 65.2 Å². The van der Waals surface area contributed by atoms with Crippen LogP contribution in [0, 0.1) is 0 Å². The highest BCUT2D eigenvalue weighted by molar-refractivity contribution is 7.91. The fourth-order valence-corrected chi connectivity index (χ4v) is 5.23. The number of carboxylic acids is 1. The highest BCUT2D eigenvalue weighted by Gasteiger charge is 2.35. The van der Waals surface area contributed by atoms with Crippen molar-refractivity contribution in [3.63, 3.8) is 0 Å². The summed E-state index contributed by atoms with van der Waals surface area (Å²) in [6.45, 7) is 0. The Balaban J connectivity index is 1.85. The first-order valence-electron chi connectivity index (χ1n) is 8.21. The van der Waals surface area contributed by atoms with Gasteiger partial charge in [0, 0.05) is 17.9 Å². The van der Waals surface area contributed by atoms with Gasteiger partial charge in [0.05, 0.1) is 10.6 Å². The van der Waals surface area contributed by atoms with Gasteiger partial charge in [-0.2, -0.15) is 0 Å². The summed E-state index contributed by atoms with van der Waals surface area (Å²) in [5, 5.41) is 8.99. The molecule has 0 amide bonds. The molecular formula is C19H19NO5S. The molecule has 0 saturated carbocycles. The first-order chi connectivity index (χ1) is 12.3. The lowest BCUT2D eigenvalue weighted by molar-refractivity contribution is -0.138. The van der Waals surface area contributed by atoms with Crippen LogP contribution in [0.3, 0.4) is 0 Å². The fraction of sp³-hybridized carbons (Fsp3) is 0.263. The number of carbonyl (C=O) groups is 2. The van der Waals surface area contributed by atoms with Crippen molar-refractivity contribution in [2.45, 2.75) is 29.7 Å². The van der Waals surface area contributed by atoms with E-state index in [1.54, 1.807) is 48.5 Å². The van der Waals surface area contributed by atoms with Crippen LogP contribution in [0.2, 0.25) is 0 Å². The second-order valence-electron chi connectivity index (χ2n) is 6.45. The summed E-state index contributed by atoms with van der Waals surface area (Å²) in [5.74, 6) is -1.84. The molecule has 0 saturated heterocycles. The Morgan fingerprint density at radius 1 is 1.12 bits per heavy atom. The van der Waals surface area contributed by atoms with E-state index in [0.717, 1.165) is 0 Å². The van der Waals surface area contributed by atoms with E-state index in [0.29, 0.717) is 21.6 Å². The maximum atomic E-state index is 12.8. The Bertz CT molecular complexity index is 967. The lowest BCUT2D eigenvalue weighted by Crippen LogP contribution is -2.32. The molecule has 136 valence electrons. The maximum absolute atomic E-state index is 12.8. The number of hydrogen-bond donors (Lipinski definition) is 2. The molecule has 0 aromatic heterocycles. The molecule has 7 heteroatoms. The van der Waals surface area contributed by atoms with Gasteiger partial charge >= 0.3 is 5.97 Å². The quantitative estimate of drug-likeness (QED) is 0.746. The van der Waals surface area contributed by atoms with E-state index in [9.17, 15) is 18.0 Å². The summed E-state index contributed by atoms with van der Waals surface area (Å²) < 4.78 is 24.6. The van der Waals surface area contributed by atoms with Crippen molar-refractivity contribution < 1.29 is 23.1 Å². The number of nitrogens with two attached hydrogens (primary N) is 1. The van der Waals surface area contributed by atoms with Crippen LogP contribution in [0.25, 0.3) is 0 Å². The van der Waals surface area contributed by atoms with Crippen LogP contribution in [-0.2, 0) is 21.1 Å². The van der Waals surface area contributed by atoms with Crippen LogP contribution in [0.15, 0.2) is 53.4 Å². The molecule has 0 bridgehead atoms. The van der Waals surface area contributed by atoms with Gasteiger partial charge in [0.2, 0.25) is 0 Å². The number of rotatable bonds is 6. The molecule has 3 N–H and O–H groups in total. The molecule has 2 aromatic rings. The third-order valence-electron chi connectivity index (χ3n) is 4.62. The molecule has 6 nitrogen and oxygen atoms in total. The number of hydrogen-bond acceptors (Lipinski definition) is 5. The van der Waals surface area contributed by atoms with Gasteiger partial charge in [-0.25, -0.2) is 8.42 Å². The van der Waals surface area contributed by atoms with Crippen molar-refractivity contribution in [1.82, 2.24) is 0 Å². The SMILES string of the molecule is NC(Cc1ccccc1C(=O)CC1CS(=O)(=O)c2ccccc21)C(=O)O. The number of carboxylic acid groups (broad SMARTS) is 1. The number of aliphatic carboxylic acids is 1.